The zero-order valence-corrected chi connectivity index (χ0v) is 18.7. The number of nitrogens with zero attached hydrogens (tertiary/aromatic N) is 3. The molecule has 0 bridgehead atoms. The summed E-state index contributed by atoms with van der Waals surface area (Å²) in [7, 11) is 0. The van der Waals surface area contributed by atoms with E-state index < -0.39 is 0 Å². The van der Waals surface area contributed by atoms with E-state index in [9.17, 15) is 9.59 Å². The minimum atomic E-state index is -0.161. The highest BCUT2D eigenvalue weighted by Crippen LogP contribution is 2.27. The third kappa shape index (κ3) is 4.41. The molecule has 0 aliphatic carbocycles. The number of H-pyrrole nitrogens is 1. The van der Waals surface area contributed by atoms with Gasteiger partial charge < -0.3 is 9.88 Å². The number of hydrogen-bond acceptors (Lipinski definition) is 4. The number of likely N-dealkylation sites (N-methyl/N-ethyl adjacent to an activating group) is 1. The van der Waals surface area contributed by atoms with Gasteiger partial charge in [-0.2, -0.15) is 0 Å². The summed E-state index contributed by atoms with van der Waals surface area (Å²) in [5.74, 6) is 0.573. The molecule has 0 saturated heterocycles. The smallest absolute Gasteiger partial charge is 0.258 e. The predicted octanol–water partition coefficient (Wildman–Crippen LogP) is 4.34. The molecule has 0 fully saturated rings. The Kier molecular flexibility index (Phi) is 6.32. The van der Waals surface area contributed by atoms with Crippen molar-refractivity contribution in [3.63, 3.8) is 0 Å². The number of aromatic nitrogens is 2. The molecular formula is C26H28N4O2. The van der Waals surface area contributed by atoms with Gasteiger partial charge in [0.2, 0.25) is 5.91 Å². The summed E-state index contributed by atoms with van der Waals surface area (Å²) < 4.78 is 0. The Morgan fingerprint density at radius 2 is 1.66 bits per heavy atom. The topological polar surface area (TPSA) is 69.3 Å². The van der Waals surface area contributed by atoms with Gasteiger partial charge in [0.1, 0.15) is 5.82 Å². The molecule has 0 spiro atoms. The van der Waals surface area contributed by atoms with E-state index in [0.29, 0.717) is 29.8 Å². The number of benzene rings is 3. The Balaban J connectivity index is 1.59. The molecule has 0 aliphatic rings. The van der Waals surface area contributed by atoms with Crippen LogP contribution in [0.5, 0.6) is 0 Å². The lowest BCUT2D eigenvalue weighted by molar-refractivity contribution is -0.120. The van der Waals surface area contributed by atoms with Crippen LogP contribution >= 0.6 is 0 Å². The number of nitrogens with one attached hydrogen (secondary N) is 1. The van der Waals surface area contributed by atoms with Gasteiger partial charge in [0.15, 0.2) is 0 Å². The molecule has 32 heavy (non-hydrogen) atoms. The highest BCUT2D eigenvalue weighted by atomic mass is 16.2. The lowest BCUT2D eigenvalue weighted by atomic mass is 10.1. The van der Waals surface area contributed by atoms with Crippen LogP contribution in [0, 0.1) is 0 Å². The van der Waals surface area contributed by atoms with Crippen LogP contribution in [0.15, 0.2) is 71.5 Å². The monoisotopic (exact) mass is 428 g/mol. The Morgan fingerprint density at radius 3 is 2.41 bits per heavy atom. The van der Waals surface area contributed by atoms with Gasteiger partial charge in [0, 0.05) is 18.0 Å². The zero-order valence-electron chi connectivity index (χ0n) is 18.7. The number of carbonyl (C=O) groups excluding carboxylic acids is 1. The summed E-state index contributed by atoms with van der Waals surface area (Å²) in [5.41, 5.74) is 1.41. The predicted molar refractivity (Wildman–Crippen MR) is 130 cm³/mol. The molecule has 0 atom stereocenters. The van der Waals surface area contributed by atoms with Crippen LogP contribution in [0.3, 0.4) is 0 Å². The van der Waals surface area contributed by atoms with E-state index in [1.54, 1.807) is 6.07 Å². The average molecular weight is 429 g/mol. The van der Waals surface area contributed by atoms with Crippen molar-refractivity contribution in [3.05, 3.63) is 82.9 Å². The second-order valence-electron chi connectivity index (χ2n) is 8.16. The molecule has 1 heterocycles. The summed E-state index contributed by atoms with van der Waals surface area (Å²) >= 11 is 0. The van der Waals surface area contributed by atoms with E-state index in [0.717, 1.165) is 16.5 Å². The molecule has 1 amide bonds. The number of para-hydroxylation sites is 1. The zero-order chi connectivity index (χ0) is 22.7. The van der Waals surface area contributed by atoms with Crippen molar-refractivity contribution in [2.45, 2.75) is 33.4 Å². The van der Waals surface area contributed by atoms with Gasteiger partial charge in [-0.05, 0) is 44.4 Å². The molecule has 6 heteroatoms. The Morgan fingerprint density at radius 1 is 0.969 bits per heavy atom. The van der Waals surface area contributed by atoms with Crippen LogP contribution in [0.1, 0.15) is 26.6 Å². The number of anilines is 1. The molecule has 0 aliphatic heterocycles. The van der Waals surface area contributed by atoms with Gasteiger partial charge in [-0.3, -0.25) is 14.5 Å². The van der Waals surface area contributed by atoms with E-state index in [1.165, 1.54) is 0 Å². The highest BCUT2D eigenvalue weighted by Gasteiger charge is 2.22. The first-order valence-electron chi connectivity index (χ1n) is 11.0. The fourth-order valence-electron chi connectivity index (χ4n) is 4.01. The third-order valence-corrected chi connectivity index (χ3v) is 5.76. The van der Waals surface area contributed by atoms with Crippen LogP contribution in [0.25, 0.3) is 21.7 Å². The van der Waals surface area contributed by atoms with Crippen molar-refractivity contribution in [1.29, 1.82) is 0 Å². The van der Waals surface area contributed by atoms with Crippen LogP contribution in [0.2, 0.25) is 0 Å². The van der Waals surface area contributed by atoms with Gasteiger partial charge in [-0.25, -0.2) is 4.98 Å². The molecule has 0 unspecified atom stereocenters. The number of aromatic amines is 1. The van der Waals surface area contributed by atoms with E-state index in [-0.39, 0.29) is 24.1 Å². The standard InChI is InChI=1S/C26H28N4O2/c1-4-30(23-15-9-11-19-10-5-6-12-20(19)23)25(31)17-29(18(2)3)16-24-27-22-14-8-7-13-21(22)26(32)28-24/h5-15,18H,4,16-17H2,1-3H3,(H,27,28,32). The maximum Gasteiger partial charge on any atom is 0.258 e. The van der Waals surface area contributed by atoms with Gasteiger partial charge in [-0.15, -0.1) is 0 Å². The van der Waals surface area contributed by atoms with Gasteiger partial charge in [-0.1, -0.05) is 48.5 Å². The molecule has 0 radical (unpaired) electrons. The normalized spacial score (nSPS) is 11.5. The van der Waals surface area contributed by atoms with Crippen molar-refractivity contribution >= 4 is 33.3 Å². The van der Waals surface area contributed by atoms with Crippen molar-refractivity contribution in [1.82, 2.24) is 14.9 Å². The van der Waals surface area contributed by atoms with Gasteiger partial charge >= 0.3 is 0 Å². The largest absolute Gasteiger partial charge is 0.311 e. The molecule has 1 aromatic heterocycles. The van der Waals surface area contributed by atoms with Crippen LogP contribution < -0.4 is 10.5 Å². The van der Waals surface area contributed by atoms with E-state index in [4.69, 9.17) is 0 Å². The van der Waals surface area contributed by atoms with E-state index in [1.807, 2.05) is 79.1 Å². The first-order valence-corrected chi connectivity index (χ1v) is 11.0. The first kappa shape index (κ1) is 21.7. The minimum absolute atomic E-state index is 0.0145. The fourth-order valence-corrected chi connectivity index (χ4v) is 4.01. The first-order chi connectivity index (χ1) is 15.5. The minimum Gasteiger partial charge on any atom is -0.311 e. The maximum atomic E-state index is 13.4. The van der Waals surface area contributed by atoms with Crippen molar-refractivity contribution in [2.24, 2.45) is 0 Å². The van der Waals surface area contributed by atoms with Gasteiger partial charge in [0.05, 0.1) is 29.7 Å². The van der Waals surface area contributed by atoms with E-state index in [2.05, 4.69) is 22.1 Å². The Bertz CT molecular complexity index is 1310. The quantitative estimate of drug-likeness (QED) is 0.475. The number of carbonyl (C=O) groups is 1. The molecule has 0 saturated carbocycles. The molecule has 164 valence electrons. The Labute approximate surface area is 187 Å². The number of fused-ring (bicyclic) bond motifs is 2. The fraction of sp³-hybridized carbons (Fsp3) is 0.269. The van der Waals surface area contributed by atoms with Crippen molar-refractivity contribution < 1.29 is 4.79 Å². The summed E-state index contributed by atoms with van der Waals surface area (Å²) in [4.78, 5) is 37.2. The number of amides is 1. The van der Waals surface area contributed by atoms with Crippen molar-refractivity contribution in [2.75, 3.05) is 18.0 Å². The van der Waals surface area contributed by atoms with Crippen molar-refractivity contribution in [3.8, 4) is 0 Å². The highest BCUT2D eigenvalue weighted by molar-refractivity contribution is 6.04. The SMILES string of the molecule is CCN(C(=O)CN(Cc1nc2ccccc2c(=O)[nH]1)C(C)C)c1cccc2ccccc12. The van der Waals surface area contributed by atoms with Crippen LogP contribution in [-0.4, -0.2) is 39.9 Å². The number of rotatable bonds is 7. The molecule has 1 N–H and O–H groups in total. The maximum absolute atomic E-state index is 13.4. The average Bonchev–Trinajstić information content (AvgIpc) is 2.79. The summed E-state index contributed by atoms with van der Waals surface area (Å²) in [6.07, 6.45) is 0. The van der Waals surface area contributed by atoms with Crippen LogP contribution in [0.4, 0.5) is 5.69 Å². The van der Waals surface area contributed by atoms with E-state index >= 15 is 0 Å². The lowest BCUT2D eigenvalue weighted by Crippen LogP contribution is -2.43. The second kappa shape index (κ2) is 9.32. The number of hydrogen-bond donors (Lipinski definition) is 1. The van der Waals surface area contributed by atoms with Gasteiger partial charge in [0.25, 0.3) is 5.56 Å². The summed E-state index contributed by atoms with van der Waals surface area (Å²) in [6, 6.07) is 21.5. The summed E-state index contributed by atoms with van der Waals surface area (Å²) in [6.45, 7) is 7.26. The lowest BCUT2D eigenvalue weighted by Gasteiger charge is -2.29. The molecular weight excluding hydrogens is 400 g/mol. The Hall–Kier alpha value is -3.51. The molecule has 4 aromatic rings. The molecule has 3 aromatic carbocycles. The third-order valence-electron chi connectivity index (χ3n) is 5.76. The second-order valence-corrected chi connectivity index (χ2v) is 8.16. The summed E-state index contributed by atoms with van der Waals surface area (Å²) in [5, 5.41) is 2.73. The molecule has 6 nitrogen and oxygen atoms in total. The molecule has 4 rings (SSSR count). The van der Waals surface area contributed by atoms with Crippen LogP contribution in [-0.2, 0) is 11.3 Å².